The summed E-state index contributed by atoms with van der Waals surface area (Å²) in [4.78, 5) is 12.3. The molecule has 2 aromatic rings. The maximum Gasteiger partial charge on any atom is 0.254 e. The molecule has 0 saturated heterocycles. The Hall–Kier alpha value is -1.81. The van der Waals surface area contributed by atoms with Crippen LogP contribution in [0.25, 0.3) is 10.9 Å². The van der Waals surface area contributed by atoms with Gasteiger partial charge in [0.05, 0.1) is 12.6 Å². The van der Waals surface area contributed by atoms with E-state index in [-0.39, 0.29) is 5.56 Å². The average molecular weight is 260 g/mol. The van der Waals surface area contributed by atoms with Crippen molar-refractivity contribution in [3.8, 4) is 5.75 Å². The predicted molar refractivity (Wildman–Crippen MR) is 77.9 cm³/mol. The molecular formula is C15H20N2O2. The van der Waals surface area contributed by atoms with Crippen LogP contribution < -0.4 is 16.0 Å². The minimum atomic E-state index is 0.0307. The van der Waals surface area contributed by atoms with Gasteiger partial charge in [-0.2, -0.15) is 0 Å². The number of nitrogens with two attached hydrogens (primary N) is 1. The number of aromatic nitrogens is 1. The summed E-state index contributed by atoms with van der Waals surface area (Å²) in [6.45, 7) is 2.62. The molecule has 2 rings (SSSR count). The molecule has 0 unspecified atom stereocenters. The first-order valence-corrected chi connectivity index (χ1v) is 6.45. The van der Waals surface area contributed by atoms with Crippen molar-refractivity contribution in [1.82, 2.24) is 4.57 Å². The molecule has 4 nitrogen and oxygen atoms in total. The van der Waals surface area contributed by atoms with E-state index in [0.717, 1.165) is 40.6 Å². The molecule has 102 valence electrons. The molecular weight excluding hydrogens is 240 g/mol. The van der Waals surface area contributed by atoms with E-state index in [9.17, 15) is 4.79 Å². The Morgan fingerprint density at radius 1 is 1.32 bits per heavy atom. The summed E-state index contributed by atoms with van der Waals surface area (Å²) in [6, 6.07) is 5.98. The van der Waals surface area contributed by atoms with Crippen molar-refractivity contribution in [3.63, 3.8) is 0 Å². The minimum absolute atomic E-state index is 0.0307. The molecule has 0 aliphatic heterocycles. The van der Waals surface area contributed by atoms with Crippen LogP contribution in [0.15, 0.2) is 23.0 Å². The van der Waals surface area contributed by atoms with Gasteiger partial charge < -0.3 is 15.0 Å². The van der Waals surface area contributed by atoms with Crippen LogP contribution in [-0.2, 0) is 13.5 Å². The fraction of sp³-hybridized carbons (Fsp3) is 0.400. The second-order valence-electron chi connectivity index (χ2n) is 4.83. The zero-order chi connectivity index (χ0) is 14.0. The van der Waals surface area contributed by atoms with Crippen LogP contribution in [0.1, 0.15) is 17.5 Å². The number of hydrogen-bond donors (Lipinski definition) is 1. The highest BCUT2D eigenvalue weighted by molar-refractivity contribution is 5.86. The van der Waals surface area contributed by atoms with Crippen molar-refractivity contribution >= 4 is 10.9 Å². The molecule has 0 fully saturated rings. The van der Waals surface area contributed by atoms with Gasteiger partial charge in [0, 0.05) is 18.0 Å². The van der Waals surface area contributed by atoms with Crippen molar-refractivity contribution in [2.24, 2.45) is 12.8 Å². The molecule has 0 bridgehead atoms. The van der Waals surface area contributed by atoms with E-state index in [1.54, 1.807) is 18.7 Å². The van der Waals surface area contributed by atoms with Gasteiger partial charge in [0.25, 0.3) is 5.56 Å². The van der Waals surface area contributed by atoms with Crippen LogP contribution in [0.3, 0.4) is 0 Å². The summed E-state index contributed by atoms with van der Waals surface area (Å²) in [7, 11) is 3.41. The number of pyridine rings is 1. The molecule has 0 aliphatic carbocycles. The molecule has 0 amide bonds. The minimum Gasteiger partial charge on any atom is -0.495 e. The second-order valence-corrected chi connectivity index (χ2v) is 4.83. The largest absolute Gasteiger partial charge is 0.495 e. The fourth-order valence-corrected chi connectivity index (χ4v) is 2.44. The Morgan fingerprint density at radius 3 is 2.68 bits per heavy atom. The molecule has 1 aromatic heterocycles. The Labute approximate surface area is 112 Å². The Balaban J connectivity index is 2.72. The molecule has 19 heavy (non-hydrogen) atoms. The summed E-state index contributed by atoms with van der Waals surface area (Å²) in [6.07, 6.45) is 1.54. The van der Waals surface area contributed by atoms with E-state index in [1.165, 1.54) is 0 Å². The van der Waals surface area contributed by atoms with Crippen molar-refractivity contribution in [1.29, 1.82) is 0 Å². The van der Waals surface area contributed by atoms with Crippen LogP contribution in [0.2, 0.25) is 0 Å². The van der Waals surface area contributed by atoms with E-state index in [0.29, 0.717) is 6.54 Å². The monoisotopic (exact) mass is 260 g/mol. The number of methoxy groups -OCH3 is 1. The standard InChI is InChI=1S/C15H20N2O2/c1-10-7-12-9-11(5-4-6-16)15(18)17(2)14(12)13(8-10)19-3/h7-9H,4-6,16H2,1-3H3. The number of hydrogen-bond acceptors (Lipinski definition) is 3. The number of ether oxygens (including phenoxy) is 1. The number of benzene rings is 1. The summed E-state index contributed by atoms with van der Waals surface area (Å²) in [5.41, 5.74) is 8.32. The predicted octanol–water partition coefficient (Wildman–Crippen LogP) is 1.75. The number of fused-ring (bicyclic) bond motifs is 1. The maximum atomic E-state index is 12.3. The lowest BCUT2D eigenvalue weighted by atomic mass is 10.1. The highest BCUT2D eigenvalue weighted by atomic mass is 16.5. The first-order valence-electron chi connectivity index (χ1n) is 6.45. The van der Waals surface area contributed by atoms with Gasteiger partial charge in [0.1, 0.15) is 5.75 Å². The van der Waals surface area contributed by atoms with Crippen molar-refractivity contribution in [2.75, 3.05) is 13.7 Å². The highest BCUT2D eigenvalue weighted by Crippen LogP contribution is 2.26. The third-order valence-corrected chi connectivity index (χ3v) is 3.36. The van der Waals surface area contributed by atoms with Crippen molar-refractivity contribution in [2.45, 2.75) is 19.8 Å². The zero-order valence-corrected chi connectivity index (χ0v) is 11.7. The Kier molecular flexibility index (Phi) is 3.90. The SMILES string of the molecule is COc1cc(C)cc2cc(CCCN)c(=O)n(C)c12. The molecule has 0 saturated carbocycles. The Morgan fingerprint density at radius 2 is 2.05 bits per heavy atom. The second kappa shape index (κ2) is 5.45. The lowest BCUT2D eigenvalue weighted by Crippen LogP contribution is -2.22. The van der Waals surface area contributed by atoms with Crippen LogP contribution >= 0.6 is 0 Å². The van der Waals surface area contributed by atoms with Gasteiger partial charge in [-0.15, -0.1) is 0 Å². The molecule has 1 heterocycles. The summed E-state index contributed by atoms with van der Waals surface area (Å²) in [5.74, 6) is 0.736. The van der Waals surface area contributed by atoms with Crippen LogP contribution in [-0.4, -0.2) is 18.2 Å². The molecule has 2 N–H and O–H groups in total. The van der Waals surface area contributed by atoms with Gasteiger partial charge in [0.15, 0.2) is 0 Å². The van der Waals surface area contributed by atoms with Crippen LogP contribution in [0.5, 0.6) is 5.75 Å². The lowest BCUT2D eigenvalue weighted by molar-refractivity contribution is 0.417. The summed E-state index contributed by atoms with van der Waals surface area (Å²) >= 11 is 0. The van der Waals surface area contributed by atoms with E-state index in [1.807, 2.05) is 19.1 Å². The van der Waals surface area contributed by atoms with Gasteiger partial charge in [-0.05, 0) is 50.1 Å². The molecule has 1 aromatic carbocycles. The van der Waals surface area contributed by atoms with E-state index < -0.39 is 0 Å². The Bertz CT molecular complexity index is 659. The van der Waals surface area contributed by atoms with Gasteiger partial charge in [-0.25, -0.2) is 0 Å². The van der Waals surface area contributed by atoms with Gasteiger partial charge in [-0.3, -0.25) is 4.79 Å². The first-order chi connectivity index (χ1) is 9.08. The van der Waals surface area contributed by atoms with Gasteiger partial charge in [-0.1, -0.05) is 0 Å². The van der Waals surface area contributed by atoms with Gasteiger partial charge >= 0.3 is 0 Å². The number of rotatable bonds is 4. The number of aryl methyl sites for hydroxylation is 3. The fourth-order valence-electron chi connectivity index (χ4n) is 2.44. The van der Waals surface area contributed by atoms with E-state index >= 15 is 0 Å². The number of nitrogens with zero attached hydrogens (tertiary/aromatic N) is 1. The average Bonchev–Trinajstić information content (AvgIpc) is 2.40. The van der Waals surface area contributed by atoms with E-state index in [2.05, 4.69) is 6.07 Å². The topological polar surface area (TPSA) is 57.2 Å². The van der Waals surface area contributed by atoms with E-state index in [4.69, 9.17) is 10.5 Å². The summed E-state index contributed by atoms with van der Waals surface area (Å²) in [5, 5.41) is 1.03. The maximum absolute atomic E-state index is 12.3. The smallest absolute Gasteiger partial charge is 0.254 e. The molecule has 0 radical (unpaired) electrons. The third kappa shape index (κ3) is 2.49. The van der Waals surface area contributed by atoms with Crippen molar-refractivity contribution < 1.29 is 4.74 Å². The molecule has 0 spiro atoms. The molecule has 0 aliphatic rings. The first kappa shape index (κ1) is 13.6. The quantitative estimate of drug-likeness (QED) is 0.911. The normalized spacial score (nSPS) is 10.9. The van der Waals surface area contributed by atoms with Gasteiger partial charge in [0.2, 0.25) is 0 Å². The summed E-state index contributed by atoms with van der Waals surface area (Å²) < 4.78 is 7.05. The van der Waals surface area contributed by atoms with Crippen molar-refractivity contribution in [3.05, 3.63) is 39.7 Å². The van der Waals surface area contributed by atoms with Crippen LogP contribution in [0, 0.1) is 6.92 Å². The highest BCUT2D eigenvalue weighted by Gasteiger charge is 2.11. The zero-order valence-electron chi connectivity index (χ0n) is 11.7. The molecule has 4 heteroatoms. The third-order valence-electron chi connectivity index (χ3n) is 3.36. The van der Waals surface area contributed by atoms with Crippen LogP contribution in [0.4, 0.5) is 0 Å². The molecule has 0 atom stereocenters. The lowest BCUT2D eigenvalue weighted by Gasteiger charge is -2.13.